The van der Waals surface area contributed by atoms with Gasteiger partial charge in [0.2, 0.25) is 5.91 Å². The molecule has 2 heterocycles. The highest BCUT2D eigenvalue weighted by atomic mass is 32.1. The first-order valence-electron chi connectivity index (χ1n) is 8.44. The van der Waals surface area contributed by atoms with E-state index in [4.69, 9.17) is 4.74 Å². The topological polar surface area (TPSA) is 42.4 Å². The molecular formula is C19H24N2O2S. The molecule has 0 unspecified atom stereocenters. The summed E-state index contributed by atoms with van der Waals surface area (Å²) in [5, 5.41) is 2.99. The lowest BCUT2D eigenvalue weighted by Gasteiger charge is -2.32. The Morgan fingerprint density at radius 2 is 1.92 bits per heavy atom. The number of thiazole rings is 1. The quantitative estimate of drug-likeness (QED) is 0.850. The lowest BCUT2D eigenvalue weighted by molar-refractivity contribution is -0.132. The number of benzene rings is 1. The third-order valence-electron chi connectivity index (χ3n) is 4.49. The number of carbonyl (C=O) groups excluding carboxylic acids is 1. The number of piperidine rings is 1. The van der Waals surface area contributed by atoms with Gasteiger partial charge >= 0.3 is 0 Å². The second-order valence-corrected chi connectivity index (χ2v) is 7.52. The molecule has 0 saturated carbocycles. The lowest BCUT2D eigenvalue weighted by Crippen LogP contribution is -2.42. The molecule has 0 N–H and O–H groups in total. The van der Waals surface area contributed by atoms with Crippen LogP contribution in [0.3, 0.4) is 0 Å². The second kappa shape index (κ2) is 7.34. The van der Waals surface area contributed by atoms with Crippen molar-refractivity contribution < 1.29 is 9.53 Å². The molecule has 1 fully saturated rings. The molecule has 1 aromatic carbocycles. The highest BCUT2D eigenvalue weighted by molar-refractivity contribution is 7.09. The van der Waals surface area contributed by atoms with Crippen molar-refractivity contribution in [1.82, 2.24) is 9.88 Å². The minimum atomic E-state index is 0.172. The van der Waals surface area contributed by atoms with E-state index >= 15 is 0 Å². The Morgan fingerprint density at radius 1 is 1.25 bits per heavy atom. The van der Waals surface area contributed by atoms with Crippen molar-refractivity contribution in [2.75, 3.05) is 13.1 Å². The summed E-state index contributed by atoms with van der Waals surface area (Å²) < 4.78 is 6.22. The molecule has 5 heteroatoms. The number of hydrogen-bond acceptors (Lipinski definition) is 4. The number of carbonyl (C=O) groups is 1. The number of likely N-dealkylation sites (tertiary alicyclic amines) is 1. The first-order valence-corrected chi connectivity index (χ1v) is 9.32. The Kier molecular flexibility index (Phi) is 5.19. The van der Waals surface area contributed by atoms with Gasteiger partial charge in [-0.3, -0.25) is 4.79 Å². The fourth-order valence-corrected chi connectivity index (χ4v) is 3.74. The normalized spacial score (nSPS) is 15.5. The summed E-state index contributed by atoms with van der Waals surface area (Å²) in [6, 6.07) is 6.21. The molecule has 0 bridgehead atoms. The molecule has 1 aliphatic heterocycles. The molecule has 3 rings (SSSR count). The molecule has 2 aromatic rings. The predicted octanol–water partition coefficient (Wildman–Crippen LogP) is 3.68. The summed E-state index contributed by atoms with van der Waals surface area (Å²) in [5.41, 5.74) is 3.23. The van der Waals surface area contributed by atoms with E-state index in [-0.39, 0.29) is 12.0 Å². The minimum absolute atomic E-state index is 0.172. The highest BCUT2D eigenvalue weighted by Crippen LogP contribution is 2.26. The largest absolute Gasteiger partial charge is 0.490 e. The van der Waals surface area contributed by atoms with E-state index in [0.717, 1.165) is 42.4 Å². The van der Waals surface area contributed by atoms with E-state index < -0.39 is 0 Å². The summed E-state index contributed by atoms with van der Waals surface area (Å²) >= 11 is 1.60. The summed E-state index contributed by atoms with van der Waals surface area (Å²) in [6.45, 7) is 7.65. The number of para-hydroxylation sites is 1. The first-order chi connectivity index (χ1) is 11.5. The molecule has 1 amide bonds. The molecule has 1 saturated heterocycles. The fraction of sp³-hybridized carbons (Fsp3) is 0.474. The van der Waals surface area contributed by atoms with Crippen LogP contribution in [0.15, 0.2) is 23.6 Å². The molecule has 1 aromatic heterocycles. The van der Waals surface area contributed by atoms with Crippen molar-refractivity contribution in [2.24, 2.45) is 0 Å². The third kappa shape index (κ3) is 3.96. The number of nitrogens with zero attached hydrogens (tertiary/aromatic N) is 2. The summed E-state index contributed by atoms with van der Waals surface area (Å²) in [6.07, 6.45) is 2.37. The van der Waals surface area contributed by atoms with E-state index in [1.54, 1.807) is 11.3 Å². The van der Waals surface area contributed by atoms with Crippen LogP contribution in [0, 0.1) is 20.8 Å². The Hall–Kier alpha value is -1.88. The Balaban J connectivity index is 1.53. The van der Waals surface area contributed by atoms with Gasteiger partial charge in [-0.2, -0.15) is 0 Å². The molecular weight excluding hydrogens is 320 g/mol. The van der Waals surface area contributed by atoms with Gasteiger partial charge in [0, 0.05) is 31.3 Å². The van der Waals surface area contributed by atoms with Crippen molar-refractivity contribution >= 4 is 17.2 Å². The summed E-state index contributed by atoms with van der Waals surface area (Å²) in [7, 11) is 0. The Bertz CT molecular complexity index is 698. The monoisotopic (exact) mass is 344 g/mol. The maximum absolute atomic E-state index is 12.4. The van der Waals surface area contributed by atoms with Gasteiger partial charge in [-0.05, 0) is 31.9 Å². The molecule has 0 aliphatic carbocycles. The van der Waals surface area contributed by atoms with Crippen molar-refractivity contribution in [2.45, 2.75) is 46.1 Å². The number of ether oxygens (including phenoxy) is 1. The van der Waals surface area contributed by atoms with Crippen LogP contribution in [0.4, 0.5) is 0 Å². The van der Waals surface area contributed by atoms with Gasteiger partial charge in [0.15, 0.2) is 0 Å². The van der Waals surface area contributed by atoms with E-state index in [2.05, 4.69) is 37.0 Å². The van der Waals surface area contributed by atoms with Gasteiger partial charge in [0.1, 0.15) is 11.9 Å². The van der Waals surface area contributed by atoms with Gasteiger partial charge < -0.3 is 9.64 Å². The van der Waals surface area contributed by atoms with Crippen molar-refractivity contribution in [3.63, 3.8) is 0 Å². The van der Waals surface area contributed by atoms with Crippen LogP contribution >= 0.6 is 11.3 Å². The van der Waals surface area contributed by atoms with E-state index in [9.17, 15) is 4.79 Å². The predicted molar refractivity (Wildman–Crippen MR) is 96.7 cm³/mol. The van der Waals surface area contributed by atoms with Gasteiger partial charge in [-0.25, -0.2) is 4.98 Å². The zero-order valence-corrected chi connectivity index (χ0v) is 15.4. The second-order valence-electron chi connectivity index (χ2n) is 6.45. The van der Waals surface area contributed by atoms with Crippen LogP contribution in [0.5, 0.6) is 5.75 Å². The van der Waals surface area contributed by atoms with Gasteiger partial charge in [-0.1, -0.05) is 18.2 Å². The minimum Gasteiger partial charge on any atom is -0.490 e. The van der Waals surface area contributed by atoms with E-state index in [1.165, 1.54) is 11.1 Å². The van der Waals surface area contributed by atoms with Crippen LogP contribution in [-0.2, 0) is 11.2 Å². The smallest absolute Gasteiger partial charge is 0.228 e. The van der Waals surface area contributed by atoms with Crippen LogP contribution in [0.25, 0.3) is 0 Å². The molecule has 128 valence electrons. The zero-order valence-electron chi connectivity index (χ0n) is 14.5. The molecule has 1 aliphatic rings. The first kappa shape index (κ1) is 17.0. The number of aromatic nitrogens is 1. The van der Waals surface area contributed by atoms with Gasteiger partial charge in [0.05, 0.1) is 17.1 Å². The Labute approximate surface area is 147 Å². The third-order valence-corrected chi connectivity index (χ3v) is 5.31. The maximum Gasteiger partial charge on any atom is 0.228 e. The van der Waals surface area contributed by atoms with Crippen molar-refractivity contribution in [3.8, 4) is 5.75 Å². The highest BCUT2D eigenvalue weighted by Gasteiger charge is 2.25. The molecule has 0 spiro atoms. The van der Waals surface area contributed by atoms with E-state index in [1.807, 2.05) is 17.2 Å². The number of hydrogen-bond donors (Lipinski definition) is 0. The van der Waals surface area contributed by atoms with Crippen LogP contribution in [0.2, 0.25) is 0 Å². The zero-order chi connectivity index (χ0) is 17.1. The average Bonchev–Trinajstić information content (AvgIpc) is 2.96. The molecule has 4 nitrogen and oxygen atoms in total. The van der Waals surface area contributed by atoms with Gasteiger partial charge in [0.25, 0.3) is 0 Å². The van der Waals surface area contributed by atoms with Crippen LogP contribution in [0.1, 0.15) is 34.7 Å². The standard InChI is InChI=1S/C19H24N2O2S/c1-13-5-4-6-14(2)19(13)23-17-7-9-21(10-8-17)18(22)11-16-12-24-15(3)20-16/h4-6,12,17H,7-11H2,1-3H3. The average molecular weight is 344 g/mol. The summed E-state index contributed by atoms with van der Waals surface area (Å²) in [5.74, 6) is 1.17. The fourth-order valence-electron chi connectivity index (χ4n) is 3.13. The maximum atomic E-state index is 12.4. The molecule has 0 radical (unpaired) electrons. The summed E-state index contributed by atoms with van der Waals surface area (Å²) in [4.78, 5) is 18.7. The number of amides is 1. The van der Waals surface area contributed by atoms with Gasteiger partial charge in [-0.15, -0.1) is 11.3 Å². The number of aryl methyl sites for hydroxylation is 3. The van der Waals surface area contributed by atoms with Crippen LogP contribution < -0.4 is 4.74 Å². The molecule has 0 atom stereocenters. The van der Waals surface area contributed by atoms with Crippen molar-refractivity contribution in [3.05, 3.63) is 45.4 Å². The lowest BCUT2D eigenvalue weighted by atomic mass is 10.1. The Morgan fingerprint density at radius 3 is 2.50 bits per heavy atom. The SMILES string of the molecule is Cc1nc(CC(=O)N2CCC(Oc3c(C)cccc3C)CC2)cs1. The molecule has 24 heavy (non-hydrogen) atoms. The van der Waals surface area contributed by atoms with Crippen LogP contribution in [-0.4, -0.2) is 35.0 Å². The van der Waals surface area contributed by atoms with E-state index in [0.29, 0.717) is 6.42 Å². The number of rotatable bonds is 4. The van der Waals surface area contributed by atoms with Crippen molar-refractivity contribution in [1.29, 1.82) is 0 Å².